The van der Waals surface area contributed by atoms with Gasteiger partial charge in [-0.3, -0.25) is 9.69 Å². The molecule has 1 aliphatic rings. The third kappa shape index (κ3) is 4.40. The van der Waals surface area contributed by atoms with Crippen LogP contribution in [0.4, 0.5) is 4.39 Å². The van der Waals surface area contributed by atoms with E-state index < -0.39 is 0 Å². The second kappa shape index (κ2) is 7.12. The van der Waals surface area contributed by atoms with Gasteiger partial charge in [0.1, 0.15) is 5.82 Å². The number of ether oxygens (including phenoxy) is 1. The van der Waals surface area contributed by atoms with Crippen molar-refractivity contribution in [3.63, 3.8) is 0 Å². The van der Waals surface area contributed by atoms with E-state index in [4.69, 9.17) is 4.74 Å². The average molecular weight is 279 g/mol. The summed E-state index contributed by atoms with van der Waals surface area (Å²) in [7, 11) is 0. The highest BCUT2D eigenvalue weighted by Gasteiger charge is 2.13. The van der Waals surface area contributed by atoms with E-state index in [1.54, 1.807) is 19.1 Å². The fraction of sp³-hybridized carbons (Fsp3) is 0.429. The van der Waals surface area contributed by atoms with Crippen LogP contribution in [0.3, 0.4) is 0 Å². The van der Waals surface area contributed by atoms with E-state index in [1.165, 1.54) is 12.1 Å². The summed E-state index contributed by atoms with van der Waals surface area (Å²) in [6, 6.07) is 5.98. The maximum absolute atomic E-state index is 12.8. The molecule has 0 aliphatic carbocycles. The van der Waals surface area contributed by atoms with Crippen molar-refractivity contribution in [2.45, 2.75) is 6.92 Å². The number of benzene rings is 1. The zero-order valence-corrected chi connectivity index (χ0v) is 11.4. The summed E-state index contributed by atoms with van der Waals surface area (Å²) in [6.07, 6.45) is 0. The summed E-state index contributed by atoms with van der Waals surface area (Å²) < 4.78 is 18.0. The number of carbonyl (C=O) groups excluding carboxylic acids is 1. The Kier molecular flexibility index (Phi) is 5.20. The van der Waals surface area contributed by atoms with Gasteiger partial charge in [-0.25, -0.2) is 9.82 Å². The number of nitrogens with one attached hydrogen (secondary N) is 1. The lowest BCUT2D eigenvalue weighted by Gasteiger charge is -2.25. The molecule has 1 fully saturated rings. The molecule has 1 aliphatic heterocycles. The maximum atomic E-state index is 12.8. The van der Waals surface area contributed by atoms with Crippen LogP contribution < -0.4 is 5.43 Å². The minimum absolute atomic E-state index is 0.159. The summed E-state index contributed by atoms with van der Waals surface area (Å²) in [4.78, 5) is 13.8. The van der Waals surface area contributed by atoms with Gasteiger partial charge in [0.05, 0.1) is 25.5 Å². The van der Waals surface area contributed by atoms with Gasteiger partial charge in [-0.2, -0.15) is 5.10 Å². The molecule has 2 rings (SSSR count). The van der Waals surface area contributed by atoms with E-state index in [2.05, 4.69) is 10.5 Å². The highest BCUT2D eigenvalue weighted by Crippen LogP contribution is 2.03. The van der Waals surface area contributed by atoms with Gasteiger partial charge in [-0.1, -0.05) is 12.1 Å². The lowest BCUT2D eigenvalue weighted by Crippen LogP contribution is -2.42. The fourth-order valence-corrected chi connectivity index (χ4v) is 1.90. The molecule has 0 bridgehead atoms. The highest BCUT2D eigenvalue weighted by atomic mass is 19.1. The number of amides is 1. The summed E-state index contributed by atoms with van der Waals surface area (Å²) in [5.74, 6) is -0.453. The number of morpholine rings is 1. The molecule has 0 unspecified atom stereocenters. The van der Waals surface area contributed by atoms with Gasteiger partial charge in [-0.15, -0.1) is 0 Å². The van der Waals surface area contributed by atoms with Crippen LogP contribution in [0.15, 0.2) is 29.4 Å². The van der Waals surface area contributed by atoms with Crippen molar-refractivity contribution in [2.24, 2.45) is 5.10 Å². The first-order valence-electron chi connectivity index (χ1n) is 6.54. The summed E-state index contributed by atoms with van der Waals surface area (Å²) in [5.41, 5.74) is 3.93. The average Bonchev–Trinajstić information content (AvgIpc) is 2.46. The molecule has 1 heterocycles. The van der Waals surface area contributed by atoms with E-state index in [0.717, 1.165) is 18.7 Å². The van der Waals surface area contributed by atoms with E-state index in [0.29, 0.717) is 25.5 Å². The highest BCUT2D eigenvalue weighted by molar-refractivity contribution is 5.99. The van der Waals surface area contributed by atoms with Crippen LogP contribution in [0.1, 0.15) is 12.5 Å². The fourth-order valence-electron chi connectivity index (χ4n) is 1.90. The largest absolute Gasteiger partial charge is 0.379 e. The van der Waals surface area contributed by atoms with Crippen molar-refractivity contribution in [1.82, 2.24) is 10.3 Å². The van der Waals surface area contributed by atoms with Gasteiger partial charge in [0.25, 0.3) is 5.91 Å². The molecule has 6 heteroatoms. The molecular weight excluding hydrogens is 261 g/mol. The van der Waals surface area contributed by atoms with Crippen molar-refractivity contribution in [1.29, 1.82) is 0 Å². The molecule has 108 valence electrons. The van der Waals surface area contributed by atoms with Crippen molar-refractivity contribution in [3.8, 4) is 0 Å². The topological polar surface area (TPSA) is 53.9 Å². The molecule has 1 amide bonds. The first-order chi connectivity index (χ1) is 9.65. The zero-order chi connectivity index (χ0) is 14.4. The van der Waals surface area contributed by atoms with Crippen LogP contribution in [0.5, 0.6) is 0 Å². The first kappa shape index (κ1) is 14.6. The second-order valence-corrected chi connectivity index (χ2v) is 4.63. The number of hydrazone groups is 1. The molecule has 1 N–H and O–H groups in total. The van der Waals surface area contributed by atoms with E-state index in [-0.39, 0.29) is 11.7 Å². The van der Waals surface area contributed by atoms with Crippen LogP contribution >= 0.6 is 0 Å². The number of halogens is 1. The van der Waals surface area contributed by atoms with Crippen LogP contribution in [-0.2, 0) is 9.53 Å². The van der Waals surface area contributed by atoms with Crippen molar-refractivity contribution < 1.29 is 13.9 Å². The Morgan fingerprint density at radius 2 is 2.00 bits per heavy atom. The van der Waals surface area contributed by atoms with E-state index in [9.17, 15) is 9.18 Å². The Hall–Kier alpha value is -1.79. The van der Waals surface area contributed by atoms with Crippen molar-refractivity contribution in [3.05, 3.63) is 35.6 Å². The number of hydrogen-bond acceptors (Lipinski definition) is 4. The van der Waals surface area contributed by atoms with Crippen molar-refractivity contribution in [2.75, 3.05) is 32.8 Å². The molecule has 0 aromatic heterocycles. The Morgan fingerprint density at radius 3 is 2.65 bits per heavy atom. The number of carbonyl (C=O) groups is 1. The monoisotopic (exact) mass is 279 g/mol. The molecular formula is C14H18FN3O2. The van der Waals surface area contributed by atoms with Crippen LogP contribution in [-0.4, -0.2) is 49.4 Å². The third-order valence-corrected chi connectivity index (χ3v) is 3.08. The summed E-state index contributed by atoms with van der Waals surface area (Å²) >= 11 is 0. The lowest BCUT2D eigenvalue weighted by atomic mass is 10.1. The molecule has 1 saturated heterocycles. The molecule has 1 aromatic carbocycles. The van der Waals surface area contributed by atoms with Gasteiger partial charge < -0.3 is 4.74 Å². The first-order valence-corrected chi connectivity index (χ1v) is 6.54. The third-order valence-electron chi connectivity index (χ3n) is 3.08. The van der Waals surface area contributed by atoms with E-state index >= 15 is 0 Å². The van der Waals surface area contributed by atoms with Crippen LogP contribution in [0.25, 0.3) is 0 Å². The minimum Gasteiger partial charge on any atom is -0.379 e. The molecule has 0 radical (unpaired) electrons. The van der Waals surface area contributed by atoms with Gasteiger partial charge in [-0.05, 0) is 24.6 Å². The standard InChI is InChI=1S/C14H18FN3O2/c1-11(12-2-4-13(15)5-3-12)16-17-14(19)10-18-6-8-20-9-7-18/h2-5H,6-10H2,1H3,(H,17,19)/b16-11+. The molecule has 0 atom stereocenters. The molecule has 5 nitrogen and oxygen atoms in total. The van der Waals surface area contributed by atoms with E-state index in [1.807, 2.05) is 4.90 Å². The number of hydrogen-bond donors (Lipinski definition) is 1. The summed E-state index contributed by atoms with van der Waals surface area (Å²) in [6.45, 7) is 4.91. The minimum atomic E-state index is -0.294. The Labute approximate surface area is 117 Å². The molecule has 20 heavy (non-hydrogen) atoms. The predicted octanol–water partition coefficient (Wildman–Crippen LogP) is 0.998. The number of nitrogens with zero attached hydrogens (tertiary/aromatic N) is 2. The zero-order valence-electron chi connectivity index (χ0n) is 11.4. The predicted molar refractivity (Wildman–Crippen MR) is 74.0 cm³/mol. The summed E-state index contributed by atoms with van der Waals surface area (Å²) in [5, 5.41) is 4.03. The normalized spacial score (nSPS) is 17.0. The molecule has 0 saturated carbocycles. The Morgan fingerprint density at radius 1 is 1.35 bits per heavy atom. The van der Waals surface area contributed by atoms with Gasteiger partial charge in [0.15, 0.2) is 0 Å². The quantitative estimate of drug-likeness (QED) is 0.661. The molecule has 1 aromatic rings. The van der Waals surface area contributed by atoms with Gasteiger partial charge >= 0.3 is 0 Å². The van der Waals surface area contributed by atoms with Crippen LogP contribution in [0.2, 0.25) is 0 Å². The Balaban J connectivity index is 1.84. The number of rotatable bonds is 4. The Bertz CT molecular complexity index is 482. The SMILES string of the molecule is C/C(=N\NC(=O)CN1CCOCC1)c1ccc(F)cc1. The molecule has 0 spiro atoms. The van der Waals surface area contributed by atoms with Gasteiger partial charge in [0, 0.05) is 13.1 Å². The maximum Gasteiger partial charge on any atom is 0.254 e. The second-order valence-electron chi connectivity index (χ2n) is 4.63. The van der Waals surface area contributed by atoms with Crippen LogP contribution in [0, 0.1) is 5.82 Å². The lowest BCUT2D eigenvalue weighted by molar-refractivity contribution is -0.123. The van der Waals surface area contributed by atoms with Crippen molar-refractivity contribution >= 4 is 11.6 Å². The van der Waals surface area contributed by atoms with Gasteiger partial charge in [0.2, 0.25) is 0 Å². The smallest absolute Gasteiger partial charge is 0.254 e.